The highest BCUT2D eigenvalue weighted by molar-refractivity contribution is 7.92. The first kappa shape index (κ1) is 20.9. The van der Waals surface area contributed by atoms with Crippen LogP contribution in [0.3, 0.4) is 0 Å². The lowest BCUT2D eigenvalue weighted by molar-refractivity contribution is 0.112. The predicted molar refractivity (Wildman–Crippen MR) is 125 cm³/mol. The lowest BCUT2D eigenvalue weighted by atomic mass is 9.87. The van der Waals surface area contributed by atoms with E-state index >= 15 is 0 Å². The molecule has 0 fully saturated rings. The summed E-state index contributed by atoms with van der Waals surface area (Å²) < 4.78 is 28.5. The summed E-state index contributed by atoms with van der Waals surface area (Å²) in [6, 6.07) is 21.7. The van der Waals surface area contributed by atoms with Crippen LogP contribution in [0.1, 0.15) is 36.8 Å². The number of aromatic amines is 1. The Balaban J connectivity index is 1.73. The predicted octanol–water partition coefficient (Wildman–Crippen LogP) is 5.75. The maximum Gasteiger partial charge on any atom is 0.261 e. The first-order valence-corrected chi connectivity index (χ1v) is 11.5. The summed E-state index contributed by atoms with van der Waals surface area (Å²) in [5.41, 5.74) is 4.29. The quantitative estimate of drug-likeness (QED) is 0.394. The lowest BCUT2D eigenvalue weighted by Crippen LogP contribution is -2.14. The Morgan fingerprint density at radius 3 is 2.19 bits per heavy atom. The maximum absolute atomic E-state index is 12.9. The molecule has 0 radical (unpaired) electrons. The molecule has 0 amide bonds. The molecular weight excluding hydrogens is 408 g/mol. The van der Waals surface area contributed by atoms with Gasteiger partial charge in [-0.05, 0) is 46.9 Å². The van der Waals surface area contributed by atoms with Crippen molar-refractivity contribution in [3.63, 3.8) is 0 Å². The van der Waals surface area contributed by atoms with E-state index in [1.807, 2.05) is 42.5 Å². The molecule has 1 aromatic heterocycles. The van der Waals surface area contributed by atoms with E-state index in [-0.39, 0.29) is 10.3 Å². The zero-order valence-corrected chi connectivity index (χ0v) is 18.5. The number of hydrogen-bond acceptors (Lipinski definition) is 3. The fraction of sp³-hybridized carbons (Fsp3) is 0.160. The second-order valence-electron chi connectivity index (χ2n) is 8.54. The van der Waals surface area contributed by atoms with Gasteiger partial charge in [0.15, 0.2) is 6.29 Å². The molecule has 0 aliphatic carbocycles. The molecule has 4 aromatic rings. The van der Waals surface area contributed by atoms with E-state index in [0.717, 1.165) is 33.9 Å². The number of nitrogens with one attached hydrogen (secondary N) is 2. The zero-order chi connectivity index (χ0) is 22.2. The molecule has 0 saturated heterocycles. The molecule has 0 bridgehead atoms. The van der Waals surface area contributed by atoms with Gasteiger partial charge in [0.1, 0.15) is 0 Å². The van der Waals surface area contributed by atoms with Crippen LogP contribution in [0.5, 0.6) is 0 Å². The number of aldehydes is 1. The zero-order valence-electron chi connectivity index (χ0n) is 17.6. The lowest BCUT2D eigenvalue weighted by Gasteiger charge is -2.19. The van der Waals surface area contributed by atoms with Crippen molar-refractivity contribution < 1.29 is 13.2 Å². The summed E-state index contributed by atoms with van der Waals surface area (Å²) in [7, 11) is -3.75. The Kier molecular flexibility index (Phi) is 5.19. The molecule has 0 atom stereocenters. The van der Waals surface area contributed by atoms with Crippen LogP contribution in [0.25, 0.3) is 22.0 Å². The number of H-pyrrole nitrogens is 1. The number of rotatable bonds is 5. The number of carbonyl (C=O) groups is 1. The standard InChI is InChI=1S/C25H24N2O3S/c1-25(2,3)18-9-12-20(13-10-18)31(29,30)27-19-11-14-22-21(15-19)24(23(16-28)26-22)17-7-5-4-6-8-17/h4-16,26-27H,1-3H3. The summed E-state index contributed by atoms with van der Waals surface area (Å²) in [4.78, 5) is 14.9. The largest absolute Gasteiger partial charge is 0.352 e. The molecule has 0 spiro atoms. The Hall–Kier alpha value is -3.38. The number of anilines is 1. The number of hydrogen-bond donors (Lipinski definition) is 2. The average molecular weight is 433 g/mol. The van der Waals surface area contributed by atoms with Gasteiger partial charge in [-0.3, -0.25) is 9.52 Å². The van der Waals surface area contributed by atoms with E-state index in [2.05, 4.69) is 30.5 Å². The van der Waals surface area contributed by atoms with Crippen LogP contribution < -0.4 is 4.72 Å². The van der Waals surface area contributed by atoms with E-state index < -0.39 is 10.0 Å². The molecule has 1 heterocycles. The summed E-state index contributed by atoms with van der Waals surface area (Å²) >= 11 is 0. The van der Waals surface area contributed by atoms with Gasteiger partial charge in [0.25, 0.3) is 10.0 Å². The molecule has 0 saturated carbocycles. The minimum Gasteiger partial charge on any atom is -0.352 e. The Morgan fingerprint density at radius 2 is 1.58 bits per heavy atom. The molecule has 0 aliphatic heterocycles. The van der Waals surface area contributed by atoms with Crippen molar-refractivity contribution in [2.75, 3.05) is 4.72 Å². The second kappa shape index (κ2) is 7.71. The van der Waals surface area contributed by atoms with Crippen LogP contribution in [-0.2, 0) is 15.4 Å². The monoisotopic (exact) mass is 432 g/mol. The third-order valence-corrected chi connectivity index (χ3v) is 6.69. The molecule has 158 valence electrons. The Labute approximate surface area is 182 Å². The van der Waals surface area contributed by atoms with E-state index in [1.54, 1.807) is 30.3 Å². The highest BCUT2D eigenvalue weighted by Crippen LogP contribution is 2.34. The van der Waals surface area contributed by atoms with Crippen LogP contribution >= 0.6 is 0 Å². The minimum atomic E-state index is -3.75. The van der Waals surface area contributed by atoms with Crippen molar-refractivity contribution in [3.05, 3.63) is 84.1 Å². The molecule has 0 aliphatic rings. The van der Waals surface area contributed by atoms with Crippen LogP contribution in [0, 0.1) is 0 Å². The smallest absolute Gasteiger partial charge is 0.261 e. The fourth-order valence-electron chi connectivity index (χ4n) is 3.63. The van der Waals surface area contributed by atoms with Crippen molar-refractivity contribution in [2.45, 2.75) is 31.1 Å². The average Bonchev–Trinajstić information content (AvgIpc) is 3.11. The molecule has 3 aromatic carbocycles. The highest BCUT2D eigenvalue weighted by Gasteiger charge is 2.19. The van der Waals surface area contributed by atoms with Gasteiger partial charge in [0.2, 0.25) is 0 Å². The first-order valence-electron chi connectivity index (χ1n) is 9.99. The molecule has 6 heteroatoms. The maximum atomic E-state index is 12.9. The number of aromatic nitrogens is 1. The number of benzene rings is 3. The number of sulfonamides is 1. The van der Waals surface area contributed by atoms with E-state index in [9.17, 15) is 13.2 Å². The minimum absolute atomic E-state index is 0.0564. The van der Waals surface area contributed by atoms with Gasteiger partial charge in [0.05, 0.1) is 10.6 Å². The summed E-state index contributed by atoms with van der Waals surface area (Å²) in [5.74, 6) is 0. The Morgan fingerprint density at radius 1 is 0.903 bits per heavy atom. The van der Waals surface area contributed by atoms with Crippen molar-refractivity contribution in [3.8, 4) is 11.1 Å². The van der Waals surface area contributed by atoms with E-state index in [1.165, 1.54) is 0 Å². The van der Waals surface area contributed by atoms with Gasteiger partial charge in [-0.1, -0.05) is 63.2 Å². The van der Waals surface area contributed by atoms with Crippen molar-refractivity contribution in [1.29, 1.82) is 0 Å². The van der Waals surface area contributed by atoms with Crippen molar-refractivity contribution in [2.24, 2.45) is 0 Å². The molecule has 4 rings (SSSR count). The van der Waals surface area contributed by atoms with Crippen LogP contribution in [0.4, 0.5) is 5.69 Å². The number of fused-ring (bicyclic) bond motifs is 1. The Bertz CT molecular complexity index is 1350. The van der Waals surface area contributed by atoms with Gasteiger partial charge in [-0.25, -0.2) is 8.42 Å². The van der Waals surface area contributed by atoms with Gasteiger partial charge < -0.3 is 4.98 Å². The normalized spacial score (nSPS) is 12.1. The third kappa shape index (κ3) is 4.11. The van der Waals surface area contributed by atoms with Crippen LogP contribution in [0.2, 0.25) is 0 Å². The molecule has 2 N–H and O–H groups in total. The van der Waals surface area contributed by atoms with Gasteiger partial charge >= 0.3 is 0 Å². The topological polar surface area (TPSA) is 79.0 Å². The second-order valence-corrected chi connectivity index (χ2v) is 10.2. The molecule has 31 heavy (non-hydrogen) atoms. The first-order chi connectivity index (χ1) is 14.7. The highest BCUT2D eigenvalue weighted by atomic mass is 32.2. The summed E-state index contributed by atoms with van der Waals surface area (Å²) in [5, 5.41) is 0.775. The third-order valence-electron chi connectivity index (χ3n) is 5.29. The number of carbonyl (C=O) groups excluding carboxylic acids is 1. The van der Waals surface area contributed by atoms with Crippen molar-refractivity contribution >= 4 is 32.9 Å². The fourth-order valence-corrected chi connectivity index (χ4v) is 4.68. The van der Waals surface area contributed by atoms with Gasteiger partial charge in [-0.2, -0.15) is 0 Å². The molecule has 5 nitrogen and oxygen atoms in total. The SMILES string of the molecule is CC(C)(C)c1ccc(S(=O)(=O)Nc2ccc3[nH]c(C=O)c(-c4ccccc4)c3c2)cc1. The van der Waals surface area contributed by atoms with Gasteiger partial charge in [0, 0.05) is 22.2 Å². The van der Waals surface area contributed by atoms with E-state index in [4.69, 9.17) is 0 Å². The van der Waals surface area contributed by atoms with Crippen LogP contribution in [-0.4, -0.2) is 19.7 Å². The summed E-state index contributed by atoms with van der Waals surface area (Å²) in [6.07, 6.45) is 0.781. The van der Waals surface area contributed by atoms with Gasteiger partial charge in [-0.15, -0.1) is 0 Å². The molecular formula is C25H24N2O3S. The summed E-state index contributed by atoms with van der Waals surface area (Å²) in [6.45, 7) is 6.25. The van der Waals surface area contributed by atoms with Crippen molar-refractivity contribution in [1.82, 2.24) is 4.98 Å². The molecule has 0 unspecified atom stereocenters. The van der Waals surface area contributed by atoms with E-state index in [0.29, 0.717) is 11.4 Å². The van der Waals surface area contributed by atoms with Crippen LogP contribution in [0.15, 0.2) is 77.7 Å².